The molecule has 5 nitrogen and oxygen atoms in total. The highest BCUT2D eigenvalue weighted by Crippen LogP contribution is 2.26. The van der Waals surface area contributed by atoms with E-state index in [4.69, 9.17) is 9.47 Å². The molecule has 0 N–H and O–H groups in total. The topological polar surface area (TPSA) is 51.7 Å². The molecule has 2 heterocycles. The van der Waals surface area contributed by atoms with Crippen molar-refractivity contribution in [1.29, 1.82) is 0 Å². The van der Waals surface area contributed by atoms with Crippen LogP contribution in [-0.2, 0) is 9.47 Å². The number of esters is 1. The van der Waals surface area contributed by atoms with E-state index in [1.807, 2.05) is 6.07 Å². The maximum absolute atomic E-state index is 11.5. The lowest BCUT2D eigenvalue weighted by atomic mass is 9.90. The van der Waals surface area contributed by atoms with Crippen LogP contribution >= 0.6 is 0 Å². The van der Waals surface area contributed by atoms with Crippen molar-refractivity contribution >= 4 is 11.8 Å². The van der Waals surface area contributed by atoms with Gasteiger partial charge in [0.15, 0.2) is 0 Å². The Morgan fingerprint density at radius 3 is 2.54 bits per heavy atom. The summed E-state index contributed by atoms with van der Waals surface area (Å²) in [4.78, 5) is 18.1. The molecule has 0 atom stereocenters. The maximum Gasteiger partial charge on any atom is 0.339 e. The molecule has 5 heteroatoms. The molecule has 1 aromatic rings. The Bertz CT molecular complexity index is 518. The molecule has 1 saturated carbocycles. The molecule has 0 amide bonds. The van der Waals surface area contributed by atoms with Crippen LogP contribution in [0.15, 0.2) is 18.3 Å². The van der Waals surface area contributed by atoms with Gasteiger partial charge in [-0.15, -0.1) is 0 Å². The average molecular weight is 332 g/mol. The van der Waals surface area contributed by atoms with Crippen molar-refractivity contribution in [3.8, 4) is 0 Å². The summed E-state index contributed by atoms with van der Waals surface area (Å²) in [6, 6.07) is 3.68. The van der Waals surface area contributed by atoms with Gasteiger partial charge in [-0.1, -0.05) is 19.3 Å². The molecular weight excluding hydrogens is 304 g/mol. The van der Waals surface area contributed by atoms with E-state index < -0.39 is 0 Å². The summed E-state index contributed by atoms with van der Waals surface area (Å²) >= 11 is 0. The van der Waals surface area contributed by atoms with Gasteiger partial charge in [0, 0.05) is 25.9 Å². The van der Waals surface area contributed by atoms with E-state index in [1.165, 1.54) is 39.2 Å². The largest absolute Gasteiger partial charge is 0.465 e. The van der Waals surface area contributed by atoms with Crippen LogP contribution in [0.2, 0.25) is 0 Å². The number of anilines is 1. The first-order valence-electron chi connectivity index (χ1n) is 9.17. The van der Waals surface area contributed by atoms with Crippen LogP contribution < -0.4 is 4.90 Å². The Balaban J connectivity index is 1.43. The van der Waals surface area contributed by atoms with Gasteiger partial charge < -0.3 is 14.4 Å². The summed E-state index contributed by atoms with van der Waals surface area (Å²) < 4.78 is 10.9. The molecule has 0 radical (unpaired) electrons. The zero-order valence-corrected chi connectivity index (χ0v) is 14.6. The second-order valence-corrected chi connectivity index (χ2v) is 6.92. The number of methoxy groups -OCH3 is 1. The highest BCUT2D eigenvalue weighted by molar-refractivity contribution is 5.89. The van der Waals surface area contributed by atoms with Crippen molar-refractivity contribution < 1.29 is 14.3 Å². The standard InChI is InChI=1S/C19H28N2O3/c1-23-19(22)16-7-8-18(20-13-16)21-11-9-17(10-12-21)24-14-15-5-3-2-4-6-15/h7-8,13,15,17H,2-6,9-12,14H2,1H3. The summed E-state index contributed by atoms with van der Waals surface area (Å²) in [7, 11) is 1.38. The Kier molecular flexibility index (Phi) is 6.07. The van der Waals surface area contributed by atoms with Crippen molar-refractivity contribution in [1.82, 2.24) is 4.98 Å². The van der Waals surface area contributed by atoms with E-state index in [1.54, 1.807) is 12.3 Å². The molecule has 0 aromatic carbocycles. The van der Waals surface area contributed by atoms with Crippen LogP contribution in [0, 0.1) is 5.92 Å². The van der Waals surface area contributed by atoms with Gasteiger partial charge in [0.2, 0.25) is 0 Å². The number of piperidine rings is 1. The lowest BCUT2D eigenvalue weighted by Crippen LogP contribution is -2.38. The normalized spacial score (nSPS) is 20.1. The van der Waals surface area contributed by atoms with Crippen LogP contribution in [0.1, 0.15) is 55.3 Å². The monoisotopic (exact) mass is 332 g/mol. The second kappa shape index (κ2) is 8.47. The molecule has 24 heavy (non-hydrogen) atoms. The predicted molar refractivity (Wildman–Crippen MR) is 93.3 cm³/mol. The lowest BCUT2D eigenvalue weighted by Gasteiger charge is -2.33. The molecule has 1 saturated heterocycles. The van der Waals surface area contributed by atoms with Gasteiger partial charge in [0.25, 0.3) is 0 Å². The number of hydrogen-bond donors (Lipinski definition) is 0. The van der Waals surface area contributed by atoms with Crippen molar-refractivity contribution in [3.63, 3.8) is 0 Å². The van der Waals surface area contributed by atoms with Crippen LogP contribution in [0.25, 0.3) is 0 Å². The molecule has 1 aliphatic carbocycles. The quantitative estimate of drug-likeness (QED) is 0.773. The summed E-state index contributed by atoms with van der Waals surface area (Å²) in [6.45, 7) is 2.86. The van der Waals surface area contributed by atoms with E-state index in [-0.39, 0.29) is 5.97 Å². The SMILES string of the molecule is COC(=O)c1ccc(N2CCC(OCC3CCCCC3)CC2)nc1. The highest BCUT2D eigenvalue weighted by atomic mass is 16.5. The first kappa shape index (κ1) is 17.2. The van der Waals surface area contributed by atoms with Gasteiger partial charge in [-0.25, -0.2) is 9.78 Å². The van der Waals surface area contributed by atoms with E-state index >= 15 is 0 Å². The molecular formula is C19H28N2O3. The van der Waals surface area contributed by atoms with Crippen molar-refractivity contribution in [3.05, 3.63) is 23.9 Å². The number of carbonyl (C=O) groups is 1. The third kappa shape index (κ3) is 4.47. The number of hydrogen-bond acceptors (Lipinski definition) is 5. The van der Waals surface area contributed by atoms with Gasteiger partial charge in [0.1, 0.15) is 5.82 Å². The van der Waals surface area contributed by atoms with Crippen molar-refractivity contribution in [2.24, 2.45) is 5.92 Å². The third-order valence-corrected chi connectivity index (χ3v) is 5.23. The number of nitrogens with zero attached hydrogens (tertiary/aromatic N) is 2. The fraction of sp³-hybridized carbons (Fsp3) is 0.684. The Morgan fingerprint density at radius 1 is 1.17 bits per heavy atom. The number of aromatic nitrogens is 1. The predicted octanol–water partition coefficient (Wildman–Crippen LogP) is 3.43. The minimum absolute atomic E-state index is 0.344. The van der Waals surface area contributed by atoms with Crippen molar-refractivity contribution in [2.75, 3.05) is 31.7 Å². The molecule has 0 spiro atoms. The number of ether oxygens (including phenoxy) is 2. The fourth-order valence-corrected chi connectivity index (χ4v) is 3.69. The van der Waals surface area contributed by atoms with Crippen LogP contribution in [-0.4, -0.2) is 43.9 Å². The average Bonchev–Trinajstić information content (AvgIpc) is 2.67. The zero-order chi connectivity index (χ0) is 16.8. The first-order valence-corrected chi connectivity index (χ1v) is 9.17. The Morgan fingerprint density at radius 2 is 1.92 bits per heavy atom. The molecule has 2 aliphatic rings. The summed E-state index contributed by atoms with van der Waals surface area (Å²) in [6.07, 6.45) is 10.9. The summed E-state index contributed by atoms with van der Waals surface area (Å²) in [5, 5.41) is 0. The molecule has 0 bridgehead atoms. The highest BCUT2D eigenvalue weighted by Gasteiger charge is 2.22. The molecule has 2 fully saturated rings. The van der Waals surface area contributed by atoms with Gasteiger partial charge in [-0.3, -0.25) is 0 Å². The van der Waals surface area contributed by atoms with Gasteiger partial charge in [0.05, 0.1) is 18.8 Å². The number of rotatable bonds is 5. The van der Waals surface area contributed by atoms with E-state index in [9.17, 15) is 4.79 Å². The smallest absolute Gasteiger partial charge is 0.339 e. The minimum Gasteiger partial charge on any atom is -0.465 e. The van der Waals surface area contributed by atoms with E-state index in [0.717, 1.165) is 44.3 Å². The maximum atomic E-state index is 11.5. The van der Waals surface area contributed by atoms with Gasteiger partial charge in [-0.05, 0) is 43.7 Å². The molecule has 0 unspecified atom stereocenters. The van der Waals surface area contributed by atoms with Crippen molar-refractivity contribution in [2.45, 2.75) is 51.0 Å². The zero-order valence-electron chi connectivity index (χ0n) is 14.6. The number of pyridine rings is 1. The van der Waals surface area contributed by atoms with Gasteiger partial charge in [-0.2, -0.15) is 0 Å². The minimum atomic E-state index is -0.344. The fourth-order valence-electron chi connectivity index (χ4n) is 3.69. The van der Waals surface area contributed by atoms with Crippen LogP contribution in [0.3, 0.4) is 0 Å². The summed E-state index contributed by atoms with van der Waals surface area (Å²) in [5.41, 5.74) is 0.493. The molecule has 132 valence electrons. The second-order valence-electron chi connectivity index (χ2n) is 6.92. The van der Waals surface area contributed by atoms with E-state index in [2.05, 4.69) is 9.88 Å². The molecule has 3 rings (SSSR count). The summed E-state index contributed by atoms with van der Waals surface area (Å²) in [5.74, 6) is 1.36. The van der Waals surface area contributed by atoms with Gasteiger partial charge >= 0.3 is 5.97 Å². The third-order valence-electron chi connectivity index (χ3n) is 5.23. The lowest BCUT2D eigenvalue weighted by molar-refractivity contribution is 0.00803. The first-order chi connectivity index (χ1) is 11.8. The Hall–Kier alpha value is -1.62. The molecule has 1 aromatic heterocycles. The van der Waals surface area contributed by atoms with Crippen LogP contribution in [0.5, 0.6) is 0 Å². The van der Waals surface area contributed by atoms with Crippen LogP contribution in [0.4, 0.5) is 5.82 Å². The molecule has 1 aliphatic heterocycles. The number of carbonyl (C=O) groups excluding carboxylic acids is 1. The van der Waals surface area contributed by atoms with E-state index in [0.29, 0.717) is 11.7 Å². The Labute approximate surface area is 144 Å².